The molecule has 0 amide bonds. The monoisotopic (exact) mass is 442 g/mol. The van der Waals surface area contributed by atoms with E-state index in [-0.39, 0.29) is 6.10 Å². The average molecular weight is 442 g/mol. The third kappa shape index (κ3) is 4.02. The molecule has 0 aliphatic carbocycles. The molecule has 32 heavy (non-hydrogen) atoms. The largest absolute Gasteiger partial charge is 0.479 e. The standard InChI is InChI=1S/C27H31BO3Si/c1-6-25(22-16-10-7-11-17-22)29-32(23-18-12-8-13-19-23,24-20-14-9-15-21-24)28-30-26(2,3)27(4,5)31-28/h6-21,25H,1H2,2-5H3. The highest BCUT2D eigenvalue weighted by Gasteiger charge is 2.64. The zero-order valence-electron chi connectivity index (χ0n) is 19.3. The Hall–Kier alpha value is -2.44. The summed E-state index contributed by atoms with van der Waals surface area (Å²) in [5.41, 5.74) is 0.112. The van der Waals surface area contributed by atoms with E-state index >= 15 is 0 Å². The zero-order valence-corrected chi connectivity index (χ0v) is 20.3. The molecule has 1 heterocycles. The van der Waals surface area contributed by atoms with Gasteiger partial charge in [-0.25, -0.2) is 0 Å². The molecule has 1 atom stereocenters. The van der Waals surface area contributed by atoms with Crippen molar-refractivity contribution >= 4 is 25.3 Å². The number of hydrogen-bond acceptors (Lipinski definition) is 3. The molecular weight excluding hydrogens is 411 g/mol. The number of rotatable bonds is 7. The minimum Gasteiger partial charge on any atom is -0.404 e. The van der Waals surface area contributed by atoms with Gasteiger partial charge in [0.25, 0.3) is 8.19 Å². The van der Waals surface area contributed by atoms with Crippen molar-refractivity contribution in [2.75, 3.05) is 0 Å². The van der Waals surface area contributed by atoms with Crippen molar-refractivity contribution in [3.8, 4) is 0 Å². The van der Waals surface area contributed by atoms with Crippen LogP contribution in [-0.2, 0) is 13.7 Å². The van der Waals surface area contributed by atoms with Crippen LogP contribution in [0.2, 0.25) is 0 Å². The van der Waals surface area contributed by atoms with E-state index in [0.717, 1.165) is 15.9 Å². The van der Waals surface area contributed by atoms with Gasteiger partial charge in [-0.05, 0) is 43.6 Å². The molecule has 0 N–H and O–H groups in total. The van der Waals surface area contributed by atoms with Gasteiger partial charge in [-0.15, -0.1) is 6.58 Å². The van der Waals surface area contributed by atoms with Gasteiger partial charge >= 0.3 is 6.71 Å². The summed E-state index contributed by atoms with van der Waals surface area (Å²) in [5.74, 6) is 0. The van der Waals surface area contributed by atoms with Gasteiger partial charge in [-0.3, -0.25) is 0 Å². The molecule has 3 aromatic carbocycles. The highest BCUT2D eigenvalue weighted by atomic mass is 28.3. The Morgan fingerprint density at radius 3 is 1.56 bits per heavy atom. The van der Waals surface area contributed by atoms with Gasteiger partial charge in [0.1, 0.15) is 0 Å². The molecule has 164 valence electrons. The van der Waals surface area contributed by atoms with Gasteiger partial charge in [0, 0.05) is 0 Å². The fourth-order valence-electron chi connectivity index (χ4n) is 4.11. The molecule has 0 saturated carbocycles. The maximum atomic E-state index is 7.19. The van der Waals surface area contributed by atoms with E-state index in [9.17, 15) is 0 Å². The lowest BCUT2D eigenvalue weighted by Gasteiger charge is -2.36. The summed E-state index contributed by atoms with van der Waals surface area (Å²) in [6.45, 7) is 11.9. The van der Waals surface area contributed by atoms with E-state index in [2.05, 4.69) is 94.9 Å². The molecule has 3 aromatic rings. The van der Waals surface area contributed by atoms with Crippen LogP contribution < -0.4 is 10.4 Å². The molecule has 3 nitrogen and oxygen atoms in total. The van der Waals surface area contributed by atoms with Crippen LogP contribution in [0, 0.1) is 0 Å². The van der Waals surface area contributed by atoms with E-state index in [1.807, 2.05) is 36.4 Å². The molecule has 1 fully saturated rings. The van der Waals surface area contributed by atoms with Gasteiger partial charge in [0.05, 0.1) is 17.3 Å². The molecule has 5 heteroatoms. The smallest absolute Gasteiger partial charge is 0.404 e. The van der Waals surface area contributed by atoms with Gasteiger partial charge in [0.15, 0.2) is 0 Å². The predicted octanol–water partition coefficient (Wildman–Crippen LogP) is 4.86. The second-order valence-electron chi connectivity index (χ2n) is 9.24. The van der Waals surface area contributed by atoms with Gasteiger partial charge < -0.3 is 13.7 Å². The second kappa shape index (κ2) is 8.83. The first-order valence-electron chi connectivity index (χ1n) is 11.1. The van der Waals surface area contributed by atoms with E-state index in [4.69, 9.17) is 13.7 Å². The fraction of sp³-hybridized carbons (Fsp3) is 0.259. The Balaban J connectivity index is 1.93. The zero-order chi connectivity index (χ0) is 22.8. The summed E-state index contributed by atoms with van der Waals surface area (Å²) in [5, 5.41) is 2.21. The van der Waals surface area contributed by atoms with Crippen LogP contribution in [0.4, 0.5) is 0 Å². The van der Waals surface area contributed by atoms with E-state index in [1.165, 1.54) is 0 Å². The van der Waals surface area contributed by atoms with Crippen molar-refractivity contribution < 1.29 is 13.7 Å². The number of hydrogen-bond donors (Lipinski definition) is 0. The van der Waals surface area contributed by atoms with Crippen LogP contribution in [0.25, 0.3) is 0 Å². The Kier molecular flexibility index (Phi) is 6.28. The quantitative estimate of drug-likeness (QED) is 0.386. The van der Waals surface area contributed by atoms with Crippen LogP contribution in [0.1, 0.15) is 39.4 Å². The van der Waals surface area contributed by atoms with Crippen molar-refractivity contribution in [2.45, 2.75) is 45.0 Å². The predicted molar refractivity (Wildman–Crippen MR) is 134 cm³/mol. The maximum Gasteiger partial charge on any atom is 0.479 e. The molecule has 0 spiro atoms. The Labute approximate surface area is 193 Å². The van der Waals surface area contributed by atoms with Gasteiger partial charge in [0.2, 0.25) is 0 Å². The molecule has 4 rings (SSSR count). The molecule has 1 unspecified atom stereocenters. The molecule has 0 radical (unpaired) electrons. The Morgan fingerprint density at radius 1 is 0.750 bits per heavy atom. The van der Waals surface area contributed by atoms with Crippen molar-refractivity contribution in [2.24, 2.45) is 0 Å². The Morgan fingerprint density at radius 2 is 1.16 bits per heavy atom. The lowest BCUT2D eigenvalue weighted by atomic mass is 9.90. The first-order valence-corrected chi connectivity index (χ1v) is 13.1. The van der Waals surface area contributed by atoms with E-state index in [1.54, 1.807) is 0 Å². The third-order valence-electron chi connectivity index (χ3n) is 6.65. The van der Waals surface area contributed by atoms with Crippen LogP contribution in [-0.4, -0.2) is 26.1 Å². The fourth-order valence-corrected chi connectivity index (χ4v) is 8.30. The summed E-state index contributed by atoms with van der Waals surface area (Å²) in [6.07, 6.45) is 1.57. The van der Waals surface area contributed by atoms with Crippen molar-refractivity contribution in [3.05, 3.63) is 109 Å². The summed E-state index contributed by atoms with van der Waals surface area (Å²) < 4.78 is 20.6. The number of benzene rings is 3. The minimum atomic E-state index is -3.07. The molecule has 1 aliphatic rings. The van der Waals surface area contributed by atoms with Crippen molar-refractivity contribution in [1.29, 1.82) is 0 Å². The molecule has 0 aromatic heterocycles. The van der Waals surface area contributed by atoms with E-state index < -0.39 is 26.1 Å². The first-order chi connectivity index (χ1) is 15.3. The third-order valence-corrected chi connectivity index (χ3v) is 10.6. The first kappa shape index (κ1) is 22.7. The van der Waals surface area contributed by atoms with Crippen LogP contribution >= 0.6 is 0 Å². The van der Waals surface area contributed by atoms with Crippen LogP contribution in [0.3, 0.4) is 0 Å². The van der Waals surface area contributed by atoms with Gasteiger partial charge in [-0.1, -0.05) is 97.1 Å². The van der Waals surface area contributed by atoms with Gasteiger partial charge in [-0.2, -0.15) is 0 Å². The molecular formula is C27H31BO3Si. The maximum absolute atomic E-state index is 7.19. The molecule has 1 aliphatic heterocycles. The van der Waals surface area contributed by atoms with E-state index in [0.29, 0.717) is 0 Å². The lowest BCUT2D eigenvalue weighted by Crippen LogP contribution is -2.72. The topological polar surface area (TPSA) is 27.7 Å². The van der Waals surface area contributed by atoms with Crippen LogP contribution in [0.15, 0.2) is 104 Å². The highest BCUT2D eigenvalue weighted by molar-refractivity contribution is 7.37. The van der Waals surface area contributed by atoms with Crippen molar-refractivity contribution in [1.82, 2.24) is 0 Å². The SMILES string of the molecule is C=CC(O[Si](B1OC(C)(C)C(C)(C)O1)(c1ccccc1)c1ccccc1)c1ccccc1. The summed E-state index contributed by atoms with van der Waals surface area (Å²) in [7, 11) is -3.07. The second-order valence-corrected chi connectivity index (χ2v) is 12.6. The molecule has 0 bridgehead atoms. The Bertz CT molecular complexity index is 983. The normalized spacial score (nSPS) is 18.3. The molecule has 1 saturated heterocycles. The van der Waals surface area contributed by atoms with Crippen molar-refractivity contribution in [3.63, 3.8) is 0 Å². The summed E-state index contributed by atoms with van der Waals surface area (Å²) >= 11 is 0. The summed E-state index contributed by atoms with van der Waals surface area (Å²) in [4.78, 5) is 0. The summed E-state index contributed by atoms with van der Waals surface area (Å²) in [6, 6.07) is 31.0. The minimum absolute atomic E-state index is 0.303. The van der Waals surface area contributed by atoms with Crippen LogP contribution in [0.5, 0.6) is 0 Å². The average Bonchev–Trinajstić information content (AvgIpc) is 3.03. The lowest BCUT2D eigenvalue weighted by molar-refractivity contribution is 0.00578. The highest BCUT2D eigenvalue weighted by Crippen LogP contribution is 2.40.